The Morgan fingerprint density at radius 2 is 2.22 bits per heavy atom. The van der Waals surface area contributed by atoms with E-state index in [1.807, 2.05) is 19.2 Å². The van der Waals surface area contributed by atoms with E-state index in [2.05, 4.69) is 35.4 Å². The minimum Gasteiger partial charge on any atom is -0.310 e. The summed E-state index contributed by atoms with van der Waals surface area (Å²) in [6.45, 7) is 5.10. The van der Waals surface area contributed by atoms with Gasteiger partial charge in [-0.15, -0.1) is 11.3 Å². The fraction of sp³-hybridized carbons (Fsp3) is 0.357. The monoisotopic (exact) mass is 280 g/mol. The third-order valence-corrected chi connectivity index (χ3v) is 4.06. The van der Waals surface area contributed by atoms with Gasteiger partial charge in [0, 0.05) is 29.2 Å². The van der Waals surface area contributed by atoms with Crippen LogP contribution < -0.4 is 5.32 Å². The van der Waals surface area contributed by atoms with Gasteiger partial charge in [0.2, 0.25) is 0 Å². The van der Waals surface area contributed by atoms with Gasteiger partial charge in [-0.3, -0.25) is 4.98 Å². The molecule has 0 fully saturated rings. The molecular weight excluding hydrogens is 264 g/mol. The molecule has 1 atom stereocenters. The maximum absolute atomic E-state index is 5.98. The summed E-state index contributed by atoms with van der Waals surface area (Å²) in [7, 11) is 0. The maximum atomic E-state index is 5.98. The van der Waals surface area contributed by atoms with Gasteiger partial charge in [0.05, 0.1) is 4.34 Å². The van der Waals surface area contributed by atoms with Crippen molar-refractivity contribution in [2.24, 2.45) is 0 Å². The van der Waals surface area contributed by atoms with Gasteiger partial charge in [-0.25, -0.2) is 0 Å². The smallest absolute Gasteiger partial charge is 0.0931 e. The average molecular weight is 281 g/mol. The number of pyridine rings is 1. The van der Waals surface area contributed by atoms with Crippen molar-refractivity contribution in [3.8, 4) is 0 Å². The van der Waals surface area contributed by atoms with E-state index in [0.29, 0.717) is 6.04 Å². The third kappa shape index (κ3) is 3.55. The Morgan fingerprint density at radius 3 is 2.83 bits per heavy atom. The molecule has 96 valence electrons. The molecule has 0 aromatic carbocycles. The molecule has 2 nitrogen and oxygen atoms in total. The topological polar surface area (TPSA) is 24.9 Å². The summed E-state index contributed by atoms with van der Waals surface area (Å²) in [5, 5.41) is 3.52. The summed E-state index contributed by atoms with van der Waals surface area (Å²) in [6, 6.07) is 8.61. The second-order valence-electron chi connectivity index (χ2n) is 4.25. The number of nitrogens with one attached hydrogen (secondary N) is 1. The van der Waals surface area contributed by atoms with Crippen LogP contribution in [0.15, 0.2) is 30.5 Å². The van der Waals surface area contributed by atoms with Gasteiger partial charge in [-0.2, -0.15) is 0 Å². The zero-order valence-corrected chi connectivity index (χ0v) is 12.2. The lowest BCUT2D eigenvalue weighted by atomic mass is 10.0. The predicted octanol–water partition coefficient (Wildman–Crippen LogP) is 4.00. The van der Waals surface area contributed by atoms with Crippen molar-refractivity contribution in [2.45, 2.75) is 26.3 Å². The van der Waals surface area contributed by atoms with E-state index in [9.17, 15) is 0 Å². The molecule has 18 heavy (non-hydrogen) atoms. The van der Waals surface area contributed by atoms with E-state index >= 15 is 0 Å². The molecule has 2 heterocycles. The molecule has 0 bridgehead atoms. The van der Waals surface area contributed by atoms with Crippen molar-refractivity contribution in [1.29, 1.82) is 0 Å². The first-order chi connectivity index (χ1) is 8.69. The summed E-state index contributed by atoms with van der Waals surface area (Å²) in [5.41, 5.74) is 2.34. The highest BCUT2D eigenvalue weighted by Gasteiger charge is 2.12. The van der Waals surface area contributed by atoms with Crippen LogP contribution >= 0.6 is 22.9 Å². The van der Waals surface area contributed by atoms with Crippen LogP contribution in [0.5, 0.6) is 0 Å². The normalized spacial score (nSPS) is 12.6. The molecular formula is C14H17ClN2S. The molecule has 0 radical (unpaired) electrons. The highest BCUT2D eigenvalue weighted by atomic mass is 35.5. The van der Waals surface area contributed by atoms with Crippen LogP contribution in [0.1, 0.15) is 29.1 Å². The summed E-state index contributed by atoms with van der Waals surface area (Å²) in [5.74, 6) is 0. The fourth-order valence-electron chi connectivity index (χ4n) is 2.00. The molecule has 0 saturated carbocycles. The summed E-state index contributed by atoms with van der Waals surface area (Å²) in [4.78, 5) is 5.55. The largest absolute Gasteiger partial charge is 0.310 e. The van der Waals surface area contributed by atoms with Crippen LogP contribution in [0.25, 0.3) is 0 Å². The van der Waals surface area contributed by atoms with Gasteiger partial charge < -0.3 is 5.32 Å². The fourth-order valence-corrected chi connectivity index (χ4v) is 3.13. The lowest BCUT2D eigenvalue weighted by molar-refractivity contribution is 0.552. The van der Waals surface area contributed by atoms with Crippen molar-refractivity contribution in [2.75, 3.05) is 6.54 Å². The first-order valence-corrected chi connectivity index (χ1v) is 7.28. The average Bonchev–Trinajstić information content (AvgIpc) is 2.74. The van der Waals surface area contributed by atoms with Crippen LogP contribution in [0.2, 0.25) is 4.34 Å². The lowest BCUT2D eigenvalue weighted by Crippen LogP contribution is -2.22. The van der Waals surface area contributed by atoms with E-state index < -0.39 is 0 Å². The summed E-state index contributed by atoms with van der Waals surface area (Å²) in [6.07, 6.45) is 2.84. The van der Waals surface area contributed by atoms with Crippen molar-refractivity contribution in [1.82, 2.24) is 10.3 Å². The van der Waals surface area contributed by atoms with Crippen LogP contribution in [0.4, 0.5) is 0 Å². The van der Waals surface area contributed by atoms with Gasteiger partial charge in [0.15, 0.2) is 0 Å². The van der Waals surface area contributed by atoms with Gasteiger partial charge >= 0.3 is 0 Å². The molecule has 1 unspecified atom stereocenters. The molecule has 1 N–H and O–H groups in total. The molecule has 2 aromatic heterocycles. The van der Waals surface area contributed by atoms with Gasteiger partial charge in [0.25, 0.3) is 0 Å². The molecule has 0 aliphatic rings. The highest BCUT2D eigenvalue weighted by molar-refractivity contribution is 7.16. The highest BCUT2D eigenvalue weighted by Crippen LogP contribution is 2.26. The van der Waals surface area contributed by atoms with Crippen LogP contribution in [0.3, 0.4) is 0 Å². The molecule has 0 saturated heterocycles. The van der Waals surface area contributed by atoms with Crippen LogP contribution in [-0.2, 0) is 6.42 Å². The number of hydrogen-bond donors (Lipinski definition) is 1. The Bertz CT molecular complexity index is 510. The number of thiophene rings is 1. The quantitative estimate of drug-likeness (QED) is 0.895. The van der Waals surface area contributed by atoms with E-state index in [0.717, 1.165) is 23.0 Å². The van der Waals surface area contributed by atoms with Gasteiger partial charge in [-0.05, 0) is 43.3 Å². The second-order valence-corrected chi connectivity index (χ2v) is 6.05. The first-order valence-electron chi connectivity index (χ1n) is 6.09. The van der Waals surface area contributed by atoms with Gasteiger partial charge in [-0.1, -0.05) is 18.5 Å². The van der Waals surface area contributed by atoms with E-state index in [-0.39, 0.29) is 0 Å². The Hall–Kier alpha value is -0.900. The summed E-state index contributed by atoms with van der Waals surface area (Å²) < 4.78 is 0.853. The minimum atomic E-state index is 0.325. The van der Waals surface area contributed by atoms with Crippen molar-refractivity contribution >= 4 is 22.9 Å². The number of likely N-dealkylation sites (N-methyl/N-ethyl adjacent to an activating group) is 1. The molecule has 2 rings (SSSR count). The molecule has 0 aliphatic heterocycles. The molecule has 0 aliphatic carbocycles. The number of aryl methyl sites for hydroxylation is 1. The molecule has 4 heteroatoms. The first kappa shape index (κ1) is 13.5. The molecule has 0 spiro atoms. The number of aromatic nitrogens is 1. The Kier molecular flexibility index (Phi) is 4.75. The van der Waals surface area contributed by atoms with E-state index in [1.165, 1.54) is 10.4 Å². The molecule has 0 amide bonds. The van der Waals surface area contributed by atoms with Crippen molar-refractivity contribution < 1.29 is 0 Å². The lowest BCUT2D eigenvalue weighted by Gasteiger charge is -2.17. The van der Waals surface area contributed by atoms with Crippen LogP contribution in [-0.4, -0.2) is 11.5 Å². The number of rotatable bonds is 5. The Balaban J connectivity index is 2.17. The van der Waals surface area contributed by atoms with Crippen molar-refractivity contribution in [3.05, 3.63) is 50.9 Å². The third-order valence-electron chi connectivity index (χ3n) is 2.81. The number of nitrogens with zero attached hydrogens (tertiary/aromatic N) is 1. The SMILES string of the molecule is CCNC(Cc1ccc(Cl)s1)c1ccnc(C)c1. The van der Waals surface area contributed by atoms with E-state index in [1.54, 1.807) is 11.3 Å². The zero-order chi connectivity index (χ0) is 13.0. The van der Waals surface area contributed by atoms with Crippen molar-refractivity contribution in [3.63, 3.8) is 0 Å². The predicted molar refractivity (Wildman–Crippen MR) is 78.4 cm³/mol. The number of hydrogen-bond acceptors (Lipinski definition) is 3. The Morgan fingerprint density at radius 1 is 1.39 bits per heavy atom. The van der Waals surface area contributed by atoms with E-state index in [4.69, 9.17) is 11.6 Å². The standard InChI is InChI=1S/C14H17ClN2S/c1-3-16-13(9-12-4-5-14(15)18-12)11-6-7-17-10(2)8-11/h4-8,13,16H,3,9H2,1-2H3. The second kappa shape index (κ2) is 6.32. The van der Waals surface area contributed by atoms with Gasteiger partial charge in [0.1, 0.15) is 0 Å². The summed E-state index contributed by atoms with van der Waals surface area (Å²) >= 11 is 7.63. The molecule has 2 aromatic rings. The van der Waals surface area contributed by atoms with Crippen LogP contribution in [0, 0.1) is 6.92 Å². The minimum absolute atomic E-state index is 0.325. The maximum Gasteiger partial charge on any atom is 0.0931 e. The zero-order valence-electron chi connectivity index (χ0n) is 10.6. The Labute approximate surface area is 117 Å². The number of halogens is 1.